The summed E-state index contributed by atoms with van der Waals surface area (Å²) in [5, 5.41) is 2.62. The number of amides is 1. The molecule has 1 atom stereocenters. The third kappa shape index (κ3) is 4.18. The van der Waals surface area contributed by atoms with E-state index in [1.54, 1.807) is 6.07 Å². The zero-order chi connectivity index (χ0) is 17.9. The van der Waals surface area contributed by atoms with Crippen molar-refractivity contribution in [3.63, 3.8) is 0 Å². The maximum Gasteiger partial charge on any atom is 0.262 e. The largest absolute Gasteiger partial charge is 0.482 e. The molecule has 6 nitrogen and oxygen atoms in total. The van der Waals surface area contributed by atoms with Gasteiger partial charge in [-0.3, -0.25) is 4.79 Å². The molecule has 1 aliphatic rings. The van der Waals surface area contributed by atoms with Crippen LogP contribution in [0.25, 0.3) is 0 Å². The standard InChI is InChI=1S/C18H20N2O4S/c1-2-14(10-13-6-4-3-5-7-13)20-25(22,23)15-8-9-17-16(11-15)19-18(21)12-24-17/h3-9,11,14,20H,2,10,12H2,1H3,(H,19,21)/t14-/m0/s1. The van der Waals surface area contributed by atoms with Gasteiger partial charge in [0, 0.05) is 6.04 Å². The molecule has 132 valence electrons. The molecule has 7 heteroatoms. The summed E-state index contributed by atoms with van der Waals surface area (Å²) in [7, 11) is -3.70. The van der Waals surface area contributed by atoms with Crippen molar-refractivity contribution in [2.24, 2.45) is 0 Å². The Hall–Kier alpha value is -2.38. The van der Waals surface area contributed by atoms with Crippen molar-refractivity contribution >= 4 is 21.6 Å². The summed E-state index contributed by atoms with van der Waals surface area (Å²) in [4.78, 5) is 11.5. The number of fused-ring (bicyclic) bond motifs is 1. The summed E-state index contributed by atoms with van der Waals surface area (Å²) in [5.74, 6) is 0.167. The molecule has 0 saturated carbocycles. The van der Waals surface area contributed by atoms with E-state index in [-0.39, 0.29) is 23.5 Å². The maximum absolute atomic E-state index is 12.7. The van der Waals surface area contributed by atoms with Crippen molar-refractivity contribution in [2.75, 3.05) is 11.9 Å². The second-order valence-corrected chi connectivity index (χ2v) is 7.62. The van der Waals surface area contributed by atoms with Crippen LogP contribution in [0.1, 0.15) is 18.9 Å². The van der Waals surface area contributed by atoms with Gasteiger partial charge < -0.3 is 10.1 Å². The lowest BCUT2D eigenvalue weighted by Crippen LogP contribution is -2.36. The lowest BCUT2D eigenvalue weighted by molar-refractivity contribution is -0.118. The molecule has 0 aliphatic carbocycles. The van der Waals surface area contributed by atoms with Crippen molar-refractivity contribution in [3.8, 4) is 5.75 Å². The quantitative estimate of drug-likeness (QED) is 0.828. The molecule has 0 spiro atoms. The van der Waals surface area contributed by atoms with Gasteiger partial charge in [-0.15, -0.1) is 0 Å². The van der Waals surface area contributed by atoms with Crippen LogP contribution in [0, 0.1) is 0 Å². The Kier molecular flexibility index (Phi) is 5.06. The van der Waals surface area contributed by atoms with Crippen LogP contribution in [0.15, 0.2) is 53.4 Å². The third-order valence-corrected chi connectivity index (χ3v) is 5.55. The molecular formula is C18H20N2O4S. The van der Waals surface area contributed by atoms with Crippen molar-refractivity contribution in [2.45, 2.75) is 30.7 Å². The number of anilines is 1. The SMILES string of the molecule is CC[C@@H](Cc1ccccc1)NS(=O)(=O)c1ccc2c(c1)NC(=O)CO2. The van der Waals surface area contributed by atoms with Gasteiger partial charge in [-0.25, -0.2) is 13.1 Å². The lowest BCUT2D eigenvalue weighted by atomic mass is 10.1. The number of rotatable bonds is 6. The normalized spacial score (nSPS) is 15.0. The van der Waals surface area contributed by atoms with Gasteiger partial charge in [-0.05, 0) is 36.6 Å². The van der Waals surface area contributed by atoms with Gasteiger partial charge in [0.15, 0.2) is 6.61 Å². The van der Waals surface area contributed by atoms with Gasteiger partial charge in [0.25, 0.3) is 5.91 Å². The molecule has 2 N–H and O–H groups in total. The Morgan fingerprint density at radius 1 is 1.20 bits per heavy atom. The molecule has 1 aliphatic heterocycles. The smallest absolute Gasteiger partial charge is 0.262 e. The van der Waals surface area contributed by atoms with Crippen LogP contribution < -0.4 is 14.8 Å². The van der Waals surface area contributed by atoms with E-state index in [0.717, 1.165) is 5.56 Å². The highest BCUT2D eigenvalue weighted by Gasteiger charge is 2.23. The van der Waals surface area contributed by atoms with Crippen LogP contribution >= 0.6 is 0 Å². The molecular weight excluding hydrogens is 340 g/mol. The van der Waals surface area contributed by atoms with Gasteiger partial charge in [-0.1, -0.05) is 37.3 Å². The molecule has 25 heavy (non-hydrogen) atoms. The van der Waals surface area contributed by atoms with Crippen molar-refractivity contribution in [1.82, 2.24) is 4.72 Å². The molecule has 0 unspecified atom stereocenters. The Labute approximate surface area is 147 Å². The molecule has 0 radical (unpaired) electrons. The Bertz CT molecular complexity index is 866. The molecule has 0 saturated heterocycles. The lowest BCUT2D eigenvalue weighted by Gasteiger charge is -2.20. The minimum Gasteiger partial charge on any atom is -0.482 e. The van der Waals surface area contributed by atoms with Crippen molar-refractivity contribution < 1.29 is 17.9 Å². The summed E-state index contributed by atoms with van der Waals surface area (Å²) in [6, 6.07) is 14.0. The average Bonchev–Trinajstić information content (AvgIpc) is 2.61. The van der Waals surface area contributed by atoms with Crippen molar-refractivity contribution in [1.29, 1.82) is 0 Å². The summed E-state index contributed by atoms with van der Waals surface area (Å²) in [6.45, 7) is 1.88. The van der Waals surface area contributed by atoms with Crippen LogP contribution in [0.4, 0.5) is 5.69 Å². The van der Waals surface area contributed by atoms with Gasteiger partial charge in [-0.2, -0.15) is 0 Å². The highest BCUT2D eigenvalue weighted by atomic mass is 32.2. The van der Waals surface area contributed by atoms with Crippen LogP contribution in [0.5, 0.6) is 5.75 Å². The summed E-state index contributed by atoms with van der Waals surface area (Å²) in [5.41, 5.74) is 1.44. The number of carbonyl (C=O) groups excluding carboxylic acids is 1. The van der Waals surface area contributed by atoms with Gasteiger partial charge in [0.05, 0.1) is 10.6 Å². The van der Waals surface area contributed by atoms with Crippen LogP contribution in [-0.4, -0.2) is 27.0 Å². The number of hydrogen-bond acceptors (Lipinski definition) is 4. The molecule has 2 aromatic carbocycles. The van der Waals surface area contributed by atoms with Gasteiger partial charge in [0.1, 0.15) is 5.75 Å². The number of ether oxygens (including phenoxy) is 1. The van der Waals surface area contributed by atoms with E-state index >= 15 is 0 Å². The van der Waals surface area contributed by atoms with Crippen LogP contribution in [0.3, 0.4) is 0 Å². The first-order valence-electron chi connectivity index (χ1n) is 8.11. The van der Waals surface area contributed by atoms with Crippen LogP contribution in [-0.2, 0) is 21.2 Å². The molecule has 0 fully saturated rings. The summed E-state index contributed by atoms with van der Waals surface area (Å²) >= 11 is 0. The average molecular weight is 360 g/mol. The molecule has 3 rings (SSSR count). The third-order valence-electron chi connectivity index (χ3n) is 4.03. The first-order chi connectivity index (χ1) is 12.0. The number of nitrogens with one attached hydrogen (secondary N) is 2. The molecule has 0 aromatic heterocycles. The zero-order valence-electron chi connectivity index (χ0n) is 13.9. The zero-order valence-corrected chi connectivity index (χ0v) is 14.7. The highest BCUT2D eigenvalue weighted by Crippen LogP contribution is 2.30. The van der Waals surface area contributed by atoms with E-state index in [1.807, 2.05) is 37.3 Å². The number of sulfonamides is 1. The number of hydrogen-bond donors (Lipinski definition) is 2. The number of carbonyl (C=O) groups is 1. The monoisotopic (exact) mass is 360 g/mol. The fourth-order valence-corrected chi connectivity index (χ4v) is 4.03. The minimum atomic E-state index is -3.70. The van der Waals surface area contributed by atoms with Gasteiger partial charge in [0.2, 0.25) is 10.0 Å². The van der Waals surface area contributed by atoms with E-state index in [1.165, 1.54) is 12.1 Å². The van der Waals surface area contributed by atoms with E-state index in [2.05, 4.69) is 10.0 Å². The van der Waals surface area contributed by atoms with Crippen molar-refractivity contribution in [3.05, 3.63) is 54.1 Å². The fraction of sp³-hybridized carbons (Fsp3) is 0.278. The molecule has 2 aromatic rings. The minimum absolute atomic E-state index is 0.0632. The summed E-state index contributed by atoms with van der Waals surface area (Å²) in [6.07, 6.45) is 1.28. The van der Waals surface area contributed by atoms with Gasteiger partial charge >= 0.3 is 0 Å². The maximum atomic E-state index is 12.7. The van der Waals surface area contributed by atoms with E-state index in [4.69, 9.17) is 4.74 Å². The fourth-order valence-electron chi connectivity index (χ4n) is 2.68. The highest BCUT2D eigenvalue weighted by molar-refractivity contribution is 7.89. The molecule has 1 amide bonds. The van der Waals surface area contributed by atoms with E-state index in [0.29, 0.717) is 24.3 Å². The molecule has 0 bridgehead atoms. The predicted molar refractivity (Wildman–Crippen MR) is 95.1 cm³/mol. The second-order valence-electron chi connectivity index (χ2n) is 5.91. The Morgan fingerprint density at radius 3 is 2.68 bits per heavy atom. The first kappa shape index (κ1) is 17.4. The first-order valence-corrected chi connectivity index (χ1v) is 9.59. The van der Waals surface area contributed by atoms with E-state index < -0.39 is 10.0 Å². The van der Waals surface area contributed by atoms with E-state index in [9.17, 15) is 13.2 Å². The number of benzene rings is 2. The predicted octanol–water partition coefficient (Wildman–Crippen LogP) is 2.32. The second kappa shape index (κ2) is 7.25. The summed E-state index contributed by atoms with van der Waals surface area (Å²) < 4.78 is 33.4. The Balaban J connectivity index is 1.78. The Morgan fingerprint density at radius 2 is 1.96 bits per heavy atom. The van der Waals surface area contributed by atoms with Crippen LogP contribution in [0.2, 0.25) is 0 Å². The topological polar surface area (TPSA) is 84.5 Å². The molecule has 1 heterocycles.